The molecule has 0 N–H and O–H groups in total. The average molecular weight is 833 g/mol. The molecular formula is C54H88O6. The van der Waals surface area contributed by atoms with E-state index in [1.807, 2.05) is 0 Å². The van der Waals surface area contributed by atoms with Crippen LogP contribution in [0.3, 0.4) is 0 Å². The molecule has 0 aliphatic heterocycles. The second-order valence-electron chi connectivity index (χ2n) is 15.6. The highest BCUT2D eigenvalue weighted by Crippen LogP contribution is 2.13. The van der Waals surface area contributed by atoms with E-state index in [0.717, 1.165) is 109 Å². The molecule has 0 amide bonds. The zero-order valence-corrected chi connectivity index (χ0v) is 38.7. The number of hydrogen-bond acceptors (Lipinski definition) is 6. The number of unbranched alkanes of at least 4 members (excludes halogenated alkanes) is 15. The highest BCUT2D eigenvalue weighted by Gasteiger charge is 2.19. The van der Waals surface area contributed by atoms with E-state index in [-0.39, 0.29) is 37.5 Å². The predicted molar refractivity (Wildman–Crippen MR) is 256 cm³/mol. The molecule has 0 heterocycles. The molecular weight excluding hydrogens is 745 g/mol. The van der Waals surface area contributed by atoms with Crippen molar-refractivity contribution in [3.63, 3.8) is 0 Å². The van der Waals surface area contributed by atoms with E-state index in [9.17, 15) is 14.4 Å². The van der Waals surface area contributed by atoms with Gasteiger partial charge >= 0.3 is 17.9 Å². The monoisotopic (exact) mass is 833 g/mol. The maximum atomic E-state index is 12.8. The summed E-state index contributed by atoms with van der Waals surface area (Å²) in [4.78, 5) is 37.8. The molecule has 0 aliphatic carbocycles. The van der Waals surface area contributed by atoms with Gasteiger partial charge in [-0.05, 0) is 103 Å². The smallest absolute Gasteiger partial charge is 0.306 e. The first-order valence-electron chi connectivity index (χ1n) is 24.2. The van der Waals surface area contributed by atoms with Crippen LogP contribution in [0.4, 0.5) is 0 Å². The Bertz CT molecular complexity index is 1230. The zero-order chi connectivity index (χ0) is 43.7. The second kappa shape index (κ2) is 48.0. The van der Waals surface area contributed by atoms with Crippen molar-refractivity contribution >= 4 is 17.9 Å². The molecule has 0 aliphatic rings. The van der Waals surface area contributed by atoms with E-state index in [4.69, 9.17) is 14.2 Å². The number of carbonyl (C=O) groups excluding carboxylic acids is 3. The summed E-state index contributed by atoms with van der Waals surface area (Å²) in [7, 11) is 0. The van der Waals surface area contributed by atoms with Gasteiger partial charge in [0.15, 0.2) is 6.10 Å². The van der Waals surface area contributed by atoms with Gasteiger partial charge in [0, 0.05) is 19.3 Å². The largest absolute Gasteiger partial charge is 0.462 e. The molecule has 0 aromatic carbocycles. The van der Waals surface area contributed by atoms with E-state index < -0.39 is 6.10 Å². The second-order valence-corrected chi connectivity index (χ2v) is 15.6. The van der Waals surface area contributed by atoms with Crippen molar-refractivity contribution in [3.8, 4) is 0 Å². The summed E-state index contributed by atoms with van der Waals surface area (Å²) in [6.45, 7) is 6.30. The lowest BCUT2D eigenvalue weighted by Crippen LogP contribution is -2.30. The third-order valence-electron chi connectivity index (χ3n) is 9.80. The summed E-state index contributed by atoms with van der Waals surface area (Å²) in [6, 6.07) is 0. The molecule has 0 saturated heterocycles. The molecule has 0 rings (SSSR count). The van der Waals surface area contributed by atoms with Crippen LogP contribution in [-0.2, 0) is 28.6 Å². The first-order valence-corrected chi connectivity index (χ1v) is 24.2. The van der Waals surface area contributed by atoms with E-state index in [1.54, 1.807) is 0 Å². The van der Waals surface area contributed by atoms with Gasteiger partial charge in [0.25, 0.3) is 0 Å². The standard InChI is InChI=1S/C54H88O6/c1-4-7-10-13-16-19-22-24-26-27-28-30-32-35-38-41-44-47-53(56)59-50-51(49-58-52(55)46-43-40-37-34-31-21-18-15-12-9-6-3)60-54(57)48-45-42-39-36-33-29-25-23-20-17-14-11-8-5-2/h7-8,10-11,15-20,24,26,28,30,35,38,51H,4-6,9,12-14,21-23,25,27,29,31-34,36-37,39-50H2,1-3H3/b10-7-,11-8-,18-15-,19-16-,20-17-,26-24-,30-28-,38-35-. The minimum absolute atomic E-state index is 0.104. The molecule has 0 fully saturated rings. The summed E-state index contributed by atoms with van der Waals surface area (Å²) in [6.07, 6.45) is 62.5. The zero-order valence-electron chi connectivity index (χ0n) is 38.7. The van der Waals surface area contributed by atoms with Gasteiger partial charge in [-0.1, -0.05) is 182 Å². The Morgan fingerprint density at radius 3 is 1.10 bits per heavy atom. The number of esters is 3. The molecule has 0 aromatic rings. The Labute approximate surface area is 368 Å². The molecule has 0 saturated carbocycles. The van der Waals surface area contributed by atoms with Crippen LogP contribution in [0.5, 0.6) is 0 Å². The topological polar surface area (TPSA) is 78.9 Å². The van der Waals surface area contributed by atoms with E-state index in [1.165, 1.54) is 51.4 Å². The van der Waals surface area contributed by atoms with Gasteiger partial charge in [-0.2, -0.15) is 0 Å². The summed E-state index contributed by atoms with van der Waals surface area (Å²) >= 11 is 0. The average Bonchev–Trinajstić information content (AvgIpc) is 3.24. The third-order valence-corrected chi connectivity index (χ3v) is 9.80. The molecule has 6 nitrogen and oxygen atoms in total. The first kappa shape index (κ1) is 56.3. The Morgan fingerprint density at radius 2 is 0.667 bits per heavy atom. The summed E-state index contributed by atoms with van der Waals surface area (Å²) in [5.74, 6) is -0.990. The molecule has 1 atom stereocenters. The highest BCUT2D eigenvalue weighted by molar-refractivity contribution is 5.71. The van der Waals surface area contributed by atoms with Crippen LogP contribution in [0.1, 0.15) is 207 Å². The summed E-state index contributed by atoms with van der Waals surface area (Å²) in [5.41, 5.74) is 0. The molecule has 60 heavy (non-hydrogen) atoms. The fourth-order valence-corrected chi connectivity index (χ4v) is 6.20. The maximum absolute atomic E-state index is 12.8. The fourth-order valence-electron chi connectivity index (χ4n) is 6.20. The van der Waals surface area contributed by atoms with Gasteiger partial charge in [0.2, 0.25) is 0 Å². The van der Waals surface area contributed by atoms with Crippen molar-refractivity contribution in [2.75, 3.05) is 13.2 Å². The minimum Gasteiger partial charge on any atom is -0.462 e. The number of rotatable bonds is 42. The molecule has 340 valence electrons. The number of hydrogen-bond donors (Lipinski definition) is 0. The normalized spacial score (nSPS) is 12.9. The van der Waals surface area contributed by atoms with Gasteiger partial charge in [-0.25, -0.2) is 0 Å². The quantitative estimate of drug-likeness (QED) is 0.0264. The van der Waals surface area contributed by atoms with Gasteiger partial charge < -0.3 is 14.2 Å². The van der Waals surface area contributed by atoms with E-state index in [2.05, 4.69) is 118 Å². The first-order chi connectivity index (χ1) is 29.5. The van der Waals surface area contributed by atoms with Crippen LogP contribution in [0, 0.1) is 0 Å². The van der Waals surface area contributed by atoms with Crippen LogP contribution in [0.15, 0.2) is 97.2 Å². The Balaban J connectivity index is 4.50. The van der Waals surface area contributed by atoms with Crippen molar-refractivity contribution in [2.24, 2.45) is 0 Å². The number of carbonyl (C=O) groups is 3. The summed E-state index contributed by atoms with van der Waals surface area (Å²) < 4.78 is 16.7. The fraction of sp³-hybridized carbons (Fsp3) is 0.648. The predicted octanol–water partition coefficient (Wildman–Crippen LogP) is 15.8. The SMILES string of the molecule is CC/C=C\C/C=C\C/C=C\C/C=C\C/C=C\CCCC(=O)OCC(COC(=O)CCCCCCC/C=C\CCCC)OC(=O)CCCCCCCCC/C=C\C/C=C\CC. The van der Waals surface area contributed by atoms with E-state index >= 15 is 0 Å². The number of allylic oxidation sites excluding steroid dienone is 16. The van der Waals surface area contributed by atoms with Crippen molar-refractivity contribution in [1.29, 1.82) is 0 Å². The summed E-state index contributed by atoms with van der Waals surface area (Å²) in [5, 5.41) is 0. The maximum Gasteiger partial charge on any atom is 0.306 e. The van der Waals surface area contributed by atoms with Crippen LogP contribution in [0.2, 0.25) is 0 Å². The lowest BCUT2D eigenvalue weighted by atomic mass is 10.1. The lowest BCUT2D eigenvalue weighted by molar-refractivity contribution is -0.167. The minimum atomic E-state index is -0.807. The molecule has 0 aromatic heterocycles. The van der Waals surface area contributed by atoms with Gasteiger partial charge in [-0.15, -0.1) is 0 Å². The Kier molecular flexibility index (Phi) is 45.1. The molecule has 0 bridgehead atoms. The molecule has 1 unspecified atom stereocenters. The molecule has 0 spiro atoms. The Hall–Kier alpha value is -3.67. The van der Waals surface area contributed by atoms with Crippen LogP contribution >= 0.6 is 0 Å². The lowest BCUT2D eigenvalue weighted by Gasteiger charge is -2.18. The van der Waals surface area contributed by atoms with E-state index in [0.29, 0.717) is 19.3 Å². The van der Waals surface area contributed by atoms with Crippen molar-refractivity contribution < 1.29 is 28.6 Å². The van der Waals surface area contributed by atoms with Gasteiger partial charge in [-0.3, -0.25) is 14.4 Å². The van der Waals surface area contributed by atoms with Crippen molar-refractivity contribution in [1.82, 2.24) is 0 Å². The van der Waals surface area contributed by atoms with Crippen molar-refractivity contribution in [2.45, 2.75) is 213 Å². The van der Waals surface area contributed by atoms with Crippen molar-refractivity contribution in [3.05, 3.63) is 97.2 Å². The third kappa shape index (κ3) is 45.4. The number of ether oxygens (including phenoxy) is 3. The Morgan fingerprint density at radius 1 is 0.350 bits per heavy atom. The highest BCUT2D eigenvalue weighted by atomic mass is 16.6. The van der Waals surface area contributed by atoms with Gasteiger partial charge in [0.1, 0.15) is 13.2 Å². The molecule has 0 radical (unpaired) electrons. The van der Waals surface area contributed by atoms with Gasteiger partial charge in [0.05, 0.1) is 0 Å². The van der Waals surface area contributed by atoms with Crippen LogP contribution < -0.4 is 0 Å². The van der Waals surface area contributed by atoms with Crippen LogP contribution in [-0.4, -0.2) is 37.2 Å². The van der Waals surface area contributed by atoms with Crippen LogP contribution in [0.25, 0.3) is 0 Å². The molecule has 6 heteroatoms.